The second-order valence-corrected chi connectivity index (χ2v) is 8.40. The predicted molar refractivity (Wildman–Crippen MR) is 130 cm³/mol. The number of aromatic nitrogens is 4. The molecule has 34 heavy (non-hydrogen) atoms. The van der Waals surface area contributed by atoms with E-state index in [4.69, 9.17) is 4.42 Å². The Hall–Kier alpha value is -4.05. The van der Waals surface area contributed by atoms with Crippen molar-refractivity contribution in [3.05, 3.63) is 64.8 Å². The number of carbonyl (C=O) groups is 1. The van der Waals surface area contributed by atoms with Crippen LogP contribution < -0.4 is 16.1 Å². The van der Waals surface area contributed by atoms with Gasteiger partial charge in [-0.2, -0.15) is 0 Å². The predicted octanol–water partition coefficient (Wildman–Crippen LogP) is 3.06. The molecule has 0 atom stereocenters. The van der Waals surface area contributed by atoms with Crippen LogP contribution in [0.4, 0.5) is 11.5 Å². The lowest BCUT2D eigenvalue weighted by molar-refractivity contribution is 0.0924. The number of hydrogen-bond acceptors (Lipinski definition) is 8. The summed E-state index contributed by atoms with van der Waals surface area (Å²) in [5.41, 5.74) is 1.17. The normalized spacial score (nSPS) is 11.4. The van der Waals surface area contributed by atoms with Crippen molar-refractivity contribution in [1.29, 1.82) is 0 Å². The third kappa shape index (κ3) is 4.96. The van der Waals surface area contributed by atoms with Crippen LogP contribution in [0.5, 0.6) is 0 Å². The van der Waals surface area contributed by atoms with E-state index in [1.807, 2.05) is 49.5 Å². The van der Waals surface area contributed by atoms with Gasteiger partial charge in [0.15, 0.2) is 17.0 Å². The van der Waals surface area contributed by atoms with Crippen LogP contribution in [0.15, 0.2) is 58.0 Å². The Morgan fingerprint density at radius 3 is 2.74 bits per heavy atom. The molecule has 0 aliphatic rings. The molecule has 0 bridgehead atoms. The summed E-state index contributed by atoms with van der Waals surface area (Å²) in [6.45, 7) is 5.21. The molecule has 4 aromatic rings. The Morgan fingerprint density at radius 1 is 1.18 bits per heavy atom. The maximum Gasteiger partial charge on any atom is 0.287 e. The number of likely N-dealkylation sites (N-methyl/N-ethyl adjacent to an activating group) is 1. The molecule has 0 fully saturated rings. The standard InChI is InChI=1S/C24H27N7O3/c1-15(2)31-14-26-29-23(31)17-8-6-10-21(28-17)27-16-7-5-9-19-22(16)18(32)13-20(34-19)24(33)25-11-12-30(3)4/h5-10,13-15H,11-12H2,1-4H3,(H,25,33)(H,27,28). The largest absolute Gasteiger partial charge is 0.451 e. The summed E-state index contributed by atoms with van der Waals surface area (Å²) in [6, 6.07) is 12.1. The fourth-order valence-electron chi connectivity index (χ4n) is 3.48. The van der Waals surface area contributed by atoms with Gasteiger partial charge in [0.05, 0.1) is 11.1 Å². The molecule has 0 aliphatic carbocycles. The van der Waals surface area contributed by atoms with Crippen LogP contribution in [0.2, 0.25) is 0 Å². The van der Waals surface area contributed by atoms with Gasteiger partial charge in [-0.1, -0.05) is 12.1 Å². The zero-order valence-corrected chi connectivity index (χ0v) is 19.6. The number of fused-ring (bicyclic) bond motifs is 1. The molecule has 176 valence electrons. The number of rotatable bonds is 8. The first-order valence-electron chi connectivity index (χ1n) is 11.0. The van der Waals surface area contributed by atoms with Crippen LogP contribution in [0.1, 0.15) is 30.4 Å². The minimum absolute atomic E-state index is 0.0263. The Morgan fingerprint density at radius 2 is 1.97 bits per heavy atom. The SMILES string of the molecule is CC(C)n1cnnc1-c1cccc(Nc2cccc3oc(C(=O)NCCN(C)C)cc(=O)c23)n1. The van der Waals surface area contributed by atoms with Crippen molar-refractivity contribution in [2.45, 2.75) is 19.9 Å². The monoisotopic (exact) mass is 461 g/mol. The summed E-state index contributed by atoms with van der Waals surface area (Å²) in [4.78, 5) is 32.0. The number of nitrogens with one attached hydrogen (secondary N) is 2. The lowest BCUT2D eigenvalue weighted by atomic mass is 10.1. The molecule has 2 N–H and O–H groups in total. The van der Waals surface area contributed by atoms with Crippen LogP contribution >= 0.6 is 0 Å². The Balaban J connectivity index is 1.63. The number of nitrogens with zero attached hydrogens (tertiary/aromatic N) is 5. The second kappa shape index (κ2) is 9.84. The zero-order valence-electron chi connectivity index (χ0n) is 19.6. The summed E-state index contributed by atoms with van der Waals surface area (Å²) < 4.78 is 7.69. The number of amides is 1. The van der Waals surface area contributed by atoms with Gasteiger partial charge >= 0.3 is 0 Å². The van der Waals surface area contributed by atoms with E-state index >= 15 is 0 Å². The van der Waals surface area contributed by atoms with Gasteiger partial charge in [0, 0.05) is 25.2 Å². The molecule has 0 spiro atoms. The first kappa shape index (κ1) is 23.1. The van der Waals surface area contributed by atoms with Gasteiger partial charge < -0.3 is 24.5 Å². The average molecular weight is 462 g/mol. The molecule has 10 nitrogen and oxygen atoms in total. The van der Waals surface area contributed by atoms with Crippen LogP contribution in [0.3, 0.4) is 0 Å². The van der Waals surface area contributed by atoms with Crippen molar-refractivity contribution in [2.24, 2.45) is 0 Å². The topological polar surface area (TPSA) is 118 Å². The van der Waals surface area contributed by atoms with E-state index in [2.05, 4.69) is 25.8 Å². The number of anilines is 2. The highest BCUT2D eigenvalue weighted by molar-refractivity contribution is 5.96. The van der Waals surface area contributed by atoms with Gasteiger partial charge in [-0.3, -0.25) is 9.59 Å². The van der Waals surface area contributed by atoms with E-state index in [-0.39, 0.29) is 17.2 Å². The maximum atomic E-state index is 12.9. The van der Waals surface area contributed by atoms with Crippen molar-refractivity contribution in [1.82, 2.24) is 30.0 Å². The highest BCUT2D eigenvalue weighted by atomic mass is 16.3. The molecule has 1 amide bonds. The Kier molecular flexibility index (Phi) is 6.69. The van der Waals surface area contributed by atoms with Gasteiger partial charge in [-0.05, 0) is 52.2 Å². The molecule has 10 heteroatoms. The second-order valence-electron chi connectivity index (χ2n) is 8.40. The molecule has 0 radical (unpaired) electrons. The maximum absolute atomic E-state index is 12.9. The summed E-state index contributed by atoms with van der Waals surface area (Å²) >= 11 is 0. The Bertz CT molecular complexity index is 1370. The molecular weight excluding hydrogens is 434 g/mol. The molecule has 4 rings (SSSR count). The fourth-order valence-corrected chi connectivity index (χ4v) is 3.48. The quantitative estimate of drug-likeness (QED) is 0.411. The lowest BCUT2D eigenvalue weighted by Crippen LogP contribution is -2.31. The molecule has 0 aliphatic heterocycles. The van der Waals surface area contributed by atoms with Gasteiger partial charge in [0.1, 0.15) is 23.4 Å². The van der Waals surface area contributed by atoms with Gasteiger partial charge in [-0.25, -0.2) is 4.98 Å². The Labute approximate surface area is 196 Å². The minimum atomic E-state index is -0.428. The summed E-state index contributed by atoms with van der Waals surface area (Å²) in [5, 5.41) is 14.5. The van der Waals surface area contributed by atoms with E-state index in [1.165, 1.54) is 6.07 Å². The van der Waals surface area contributed by atoms with E-state index in [1.54, 1.807) is 30.6 Å². The third-order valence-corrected chi connectivity index (χ3v) is 5.19. The smallest absolute Gasteiger partial charge is 0.287 e. The van der Waals surface area contributed by atoms with Crippen molar-refractivity contribution in [2.75, 3.05) is 32.5 Å². The number of hydrogen-bond donors (Lipinski definition) is 2. The van der Waals surface area contributed by atoms with Gasteiger partial charge in [0.25, 0.3) is 5.91 Å². The lowest BCUT2D eigenvalue weighted by Gasteiger charge is -2.12. The summed E-state index contributed by atoms with van der Waals surface area (Å²) in [5.74, 6) is 0.735. The first-order chi connectivity index (χ1) is 16.3. The summed E-state index contributed by atoms with van der Waals surface area (Å²) in [7, 11) is 3.83. The van der Waals surface area contributed by atoms with Gasteiger partial charge in [-0.15, -0.1) is 10.2 Å². The van der Waals surface area contributed by atoms with Crippen molar-refractivity contribution >= 4 is 28.4 Å². The van der Waals surface area contributed by atoms with Crippen molar-refractivity contribution in [3.8, 4) is 11.5 Å². The fraction of sp³-hybridized carbons (Fsp3) is 0.292. The summed E-state index contributed by atoms with van der Waals surface area (Å²) in [6.07, 6.45) is 1.67. The minimum Gasteiger partial charge on any atom is -0.451 e. The average Bonchev–Trinajstić information content (AvgIpc) is 3.29. The molecule has 0 saturated carbocycles. The molecule has 0 saturated heterocycles. The van der Waals surface area contributed by atoms with Crippen LogP contribution in [-0.2, 0) is 0 Å². The van der Waals surface area contributed by atoms with Crippen LogP contribution in [0, 0.1) is 0 Å². The number of benzene rings is 1. The zero-order chi connectivity index (χ0) is 24.2. The van der Waals surface area contributed by atoms with E-state index in [0.29, 0.717) is 47.1 Å². The third-order valence-electron chi connectivity index (χ3n) is 5.19. The number of pyridine rings is 1. The molecule has 1 aromatic carbocycles. The highest BCUT2D eigenvalue weighted by Gasteiger charge is 2.16. The van der Waals surface area contributed by atoms with Crippen LogP contribution in [0.25, 0.3) is 22.5 Å². The van der Waals surface area contributed by atoms with E-state index in [0.717, 1.165) is 0 Å². The molecule has 0 unspecified atom stereocenters. The molecule has 3 heterocycles. The first-order valence-corrected chi connectivity index (χ1v) is 11.0. The number of carbonyl (C=O) groups excluding carboxylic acids is 1. The van der Waals surface area contributed by atoms with Crippen molar-refractivity contribution < 1.29 is 9.21 Å². The van der Waals surface area contributed by atoms with Gasteiger partial charge in [0.2, 0.25) is 0 Å². The highest BCUT2D eigenvalue weighted by Crippen LogP contribution is 2.26. The van der Waals surface area contributed by atoms with E-state index < -0.39 is 5.91 Å². The van der Waals surface area contributed by atoms with Crippen molar-refractivity contribution in [3.63, 3.8) is 0 Å². The van der Waals surface area contributed by atoms with Crippen LogP contribution in [-0.4, -0.2) is 57.7 Å². The van der Waals surface area contributed by atoms with E-state index in [9.17, 15) is 9.59 Å². The molecule has 3 aromatic heterocycles. The molecular formula is C24H27N7O3.